The molecule has 2 aromatic carbocycles. The Hall–Kier alpha value is -2.69. The summed E-state index contributed by atoms with van der Waals surface area (Å²) in [6.45, 7) is 2.63. The van der Waals surface area contributed by atoms with Crippen molar-refractivity contribution in [2.75, 3.05) is 6.54 Å². The van der Waals surface area contributed by atoms with E-state index in [0.717, 1.165) is 12.0 Å². The number of nitrogens with one attached hydrogen (secondary N) is 1. The molecule has 0 spiro atoms. The van der Waals surface area contributed by atoms with Crippen LogP contribution >= 0.6 is 0 Å². The van der Waals surface area contributed by atoms with Crippen LogP contribution in [0.25, 0.3) is 0 Å². The highest BCUT2D eigenvalue weighted by Crippen LogP contribution is 2.12. The lowest BCUT2D eigenvalue weighted by Gasteiger charge is -2.07. The highest BCUT2D eigenvalue weighted by molar-refractivity contribution is 5.78. The Morgan fingerprint density at radius 3 is 2.45 bits per heavy atom. The molecule has 0 heterocycles. The number of nitrogens with zero attached hydrogens (tertiary/aromatic N) is 1. The van der Waals surface area contributed by atoms with Crippen LogP contribution in [-0.4, -0.2) is 17.4 Å². The van der Waals surface area contributed by atoms with Crippen LogP contribution in [0.5, 0.6) is 0 Å². The average Bonchev–Trinajstić information content (AvgIpc) is 2.50. The molecule has 0 aliphatic heterocycles. The van der Waals surface area contributed by atoms with Crippen LogP contribution in [0.3, 0.4) is 0 Å². The van der Waals surface area contributed by atoms with E-state index in [2.05, 4.69) is 11.4 Å². The first-order valence-corrected chi connectivity index (χ1v) is 7.11. The molecule has 2 rings (SSSR count). The van der Waals surface area contributed by atoms with E-state index < -0.39 is 4.92 Å². The van der Waals surface area contributed by atoms with E-state index in [1.165, 1.54) is 23.3 Å². The maximum atomic E-state index is 11.9. The molecule has 0 fully saturated rings. The van der Waals surface area contributed by atoms with Gasteiger partial charge in [-0.3, -0.25) is 14.9 Å². The minimum Gasteiger partial charge on any atom is -0.355 e. The number of hydrogen-bond donors (Lipinski definition) is 1. The Balaban J connectivity index is 1.80. The highest BCUT2D eigenvalue weighted by atomic mass is 16.6. The maximum Gasteiger partial charge on any atom is 0.269 e. The van der Waals surface area contributed by atoms with Gasteiger partial charge in [-0.15, -0.1) is 0 Å². The van der Waals surface area contributed by atoms with Gasteiger partial charge in [-0.1, -0.05) is 36.4 Å². The van der Waals surface area contributed by atoms with Gasteiger partial charge in [-0.25, -0.2) is 0 Å². The standard InChI is InChI=1S/C17H18N2O3/c1-13-4-2-3-5-15(13)10-11-18-17(20)12-14-6-8-16(9-7-14)19(21)22/h2-9H,10-12H2,1H3,(H,18,20). The number of amides is 1. The third kappa shape index (κ3) is 4.41. The minimum absolute atomic E-state index is 0.0312. The number of carbonyl (C=O) groups excluding carboxylic acids is 1. The van der Waals surface area contributed by atoms with E-state index in [1.807, 2.05) is 25.1 Å². The number of nitro groups is 1. The first-order valence-electron chi connectivity index (χ1n) is 7.11. The van der Waals surface area contributed by atoms with Crippen LogP contribution in [-0.2, 0) is 17.6 Å². The first-order chi connectivity index (χ1) is 10.6. The van der Waals surface area contributed by atoms with Crippen molar-refractivity contribution >= 4 is 11.6 Å². The van der Waals surface area contributed by atoms with Crippen LogP contribution in [0.15, 0.2) is 48.5 Å². The van der Waals surface area contributed by atoms with Gasteiger partial charge in [-0.2, -0.15) is 0 Å². The van der Waals surface area contributed by atoms with Gasteiger partial charge < -0.3 is 5.32 Å². The molecule has 0 aromatic heterocycles. The summed E-state index contributed by atoms with van der Waals surface area (Å²) in [6.07, 6.45) is 1.02. The molecular weight excluding hydrogens is 280 g/mol. The van der Waals surface area contributed by atoms with Gasteiger partial charge in [0.15, 0.2) is 0 Å². The molecule has 0 radical (unpaired) electrons. The summed E-state index contributed by atoms with van der Waals surface area (Å²) in [7, 11) is 0. The van der Waals surface area contributed by atoms with Gasteiger partial charge in [0.1, 0.15) is 0 Å². The SMILES string of the molecule is Cc1ccccc1CCNC(=O)Cc1ccc([N+](=O)[O-])cc1. The quantitative estimate of drug-likeness (QED) is 0.658. The van der Waals surface area contributed by atoms with Crippen LogP contribution in [0.1, 0.15) is 16.7 Å². The number of aryl methyl sites for hydroxylation is 1. The van der Waals surface area contributed by atoms with Crippen LogP contribution in [0.2, 0.25) is 0 Å². The lowest BCUT2D eigenvalue weighted by atomic mass is 10.1. The summed E-state index contributed by atoms with van der Waals surface area (Å²) in [5.41, 5.74) is 3.23. The monoisotopic (exact) mass is 298 g/mol. The van der Waals surface area contributed by atoms with Crippen molar-refractivity contribution in [2.45, 2.75) is 19.8 Å². The van der Waals surface area contributed by atoms with Crippen molar-refractivity contribution in [3.63, 3.8) is 0 Å². The van der Waals surface area contributed by atoms with E-state index in [1.54, 1.807) is 12.1 Å². The number of carbonyl (C=O) groups is 1. The smallest absolute Gasteiger partial charge is 0.269 e. The van der Waals surface area contributed by atoms with E-state index in [-0.39, 0.29) is 18.0 Å². The lowest BCUT2D eigenvalue weighted by molar-refractivity contribution is -0.384. The van der Waals surface area contributed by atoms with Crippen molar-refractivity contribution in [3.8, 4) is 0 Å². The zero-order valence-electron chi connectivity index (χ0n) is 12.4. The molecule has 0 aliphatic rings. The fraction of sp³-hybridized carbons (Fsp3) is 0.235. The van der Waals surface area contributed by atoms with Crippen molar-refractivity contribution in [1.82, 2.24) is 5.32 Å². The Labute approximate surface area is 129 Å². The first kappa shape index (κ1) is 15.7. The van der Waals surface area contributed by atoms with Gasteiger partial charge in [-0.05, 0) is 30.0 Å². The van der Waals surface area contributed by atoms with Gasteiger partial charge in [0.25, 0.3) is 5.69 Å². The van der Waals surface area contributed by atoms with Gasteiger partial charge in [0.05, 0.1) is 11.3 Å². The highest BCUT2D eigenvalue weighted by Gasteiger charge is 2.07. The molecule has 0 saturated heterocycles. The summed E-state index contributed by atoms with van der Waals surface area (Å²) in [4.78, 5) is 22.0. The van der Waals surface area contributed by atoms with Crippen molar-refractivity contribution < 1.29 is 9.72 Å². The molecule has 0 bridgehead atoms. The van der Waals surface area contributed by atoms with E-state index >= 15 is 0 Å². The Morgan fingerprint density at radius 1 is 1.14 bits per heavy atom. The molecule has 0 unspecified atom stereocenters. The second-order valence-electron chi connectivity index (χ2n) is 5.13. The second kappa shape index (κ2) is 7.36. The van der Waals surface area contributed by atoms with Crippen molar-refractivity contribution in [2.24, 2.45) is 0 Å². The normalized spacial score (nSPS) is 10.2. The molecule has 0 aliphatic carbocycles. The van der Waals surface area contributed by atoms with Crippen LogP contribution < -0.4 is 5.32 Å². The number of non-ortho nitro benzene ring substituents is 1. The summed E-state index contributed by atoms with van der Waals surface area (Å²) >= 11 is 0. The summed E-state index contributed by atoms with van der Waals surface area (Å²) in [5, 5.41) is 13.4. The van der Waals surface area contributed by atoms with Gasteiger partial charge in [0, 0.05) is 18.7 Å². The summed E-state index contributed by atoms with van der Waals surface area (Å²) < 4.78 is 0. The van der Waals surface area contributed by atoms with Crippen molar-refractivity contribution in [1.29, 1.82) is 0 Å². The van der Waals surface area contributed by atoms with Crippen molar-refractivity contribution in [3.05, 3.63) is 75.3 Å². The molecule has 1 N–H and O–H groups in total. The zero-order chi connectivity index (χ0) is 15.9. The molecule has 22 heavy (non-hydrogen) atoms. The minimum atomic E-state index is -0.452. The summed E-state index contributed by atoms with van der Waals surface area (Å²) in [6, 6.07) is 14.1. The molecule has 114 valence electrons. The number of nitro benzene ring substituents is 1. The molecule has 2 aromatic rings. The van der Waals surface area contributed by atoms with E-state index in [4.69, 9.17) is 0 Å². The molecular formula is C17H18N2O3. The molecule has 1 amide bonds. The second-order valence-corrected chi connectivity index (χ2v) is 5.13. The Morgan fingerprint density at radius 2 is 1.82 bits per heavy atom. The van der Waals surface area contributed by atoms with E-state index in [9.17, 15) is 14.9 Å². The average molecular weight is 298 g/mol. The van der Waals surface area contributed by atoms with Crippen LogP contribution in [0, 0.1) is 17.0 Å². The number of rotatable bonds is 6. The summed E-state index contributed by atoms with van der Waals surface area (Å²) in [5.74, 6) is -0.0811. The number of hydrogen-bond acceptors (Lipinski definition) is 3. The van der Waals surface area contributed by atoms with Gasteiger partial charge in [0.2, 0.25) is 5.91 Å². The lowest BCUT2D eigenvalue weighted by Crippen LogP contribution is -2.27. The van der Waals surface area contributed by atoms with Gasteiger partial charge >= 0.3 is 0 Å². The zero-order valence-corrected chi connectivity index (χ0v) is 12.4. The van der Waals surface area contributed by atoms with Crippen LogP contribution in [0.4, 0.5) is 5.69 Å². The van der Waals surface area contributed by atoms with E-state index in [0.29, 0.717) is 6.54 Å². The largest absolute Gasteiger partial charge is 0.355 e. The number of benzene rings is 2. The predicted octanol–water partition coefficient (Wildman–Crippen LogP) is 2.80. The molecule has 5 nitrogen and oxygen atoms in total. The third-order valence-corrected chi connectivity index (χ3v) is 3.49. The maximum absolute atomic E-state index is 11.9. The molecule has 0 atom stereocenters. The fourth-order valence-electron chi connectivity index (χ4n) is 2.21. The fourth-order valence-corrected chi connectivity index (χ4v) is 2.21. The molecule has 0 saturated carbocycles. The third-order valence-electron chi connectivity index (χ3n) is 3.49. The predicted molar refractivity (Wildman–Crippen MR) is 84.7 cm³/mol. The molecule has 5 heteroatoms. The topological polar surface area (TPSA) is 72.2 Å². The Kier molecular flexibility index (Phi) is 5.25. The Bertz CT molecular complexity index is 666.